The van der Waals surface area contributed by atoms with Gasteiger partial charge in [-0.1, -0.05) is 0 Å². The van der Waals surface area contributed by atoms with E-state index < -0.39 is 10.0 Å². The second-order valence-corrected chi connectivity index (χ2v) is 5.81. The van der Waals surface area contributed by atoms with Gasteiger partial charge in [-0.05, 0) is 30.5 Å². The topological polar surface area (TPSA) is 49.4 Å². The van der Waals surface area contributed by atoms with Gasteiger partial charge in [0.25, 0.3) is 0 Å². The normalized spacial score (nSPS) is 26.2. The van der Waals surface area contributed by atoms with Crippen molar-refractivity contribution < 1.29 is 8.42 Å². The number of halogens is 1. The summed E-state index contributed by atoms with van der Waals surface area (Å²) in [4.78, 5) is 0. The highest BCUT2D eigenvalue weighted by molar-refractivity contribution is 7.88. The van der Waals surface area contributed by atoms with Gasteiger partial charge < -0.3 is 0 Å². The van der Waals surface area contributed by atoms with E-state index >= 15 is 0 Å². The van der Waals surface area contributed by atoms with Crippen LogP contribution >= 0.6 is 11.8 Å². The van der Waals surface area contributed by atoms with Crippen LogP contribution in [0.4, 0.5) is 0 Å². The predicted molar refractivity (Wildman–Crippen MR) is 53.0 cm³/mol. The van der Waals surface area contributed by atoms with Crippen molar-refractivity contribution in [1.29, 1.82) is 0 Å². The van der Waals surface area contributed by atoms with Gasteiger partial charge in [-0.3, -0.25) is 0 Å². The van der Waals surface area contributed by atoms with Gasteiger partial charge in [0.2, 0.25) is 10.0 Å². The van der Waals surface area contributed by atoms with Crippen molar-refractivity contribution in [1.82, 2.24) is 9.14 Å². The smallest absolute Gasteiger partial charge is 0.208 e. The summed E-state index contributed by atoms with van der Waals surface area (Å²) < 4.78 is 25.8. The zero-order valence-corrected chi connectivity index (χ0v) is 9.24. The maximum absolute atomic E-state index is 10.8. The van der Waals surface area contributed by atoms with E-state index in [2.05, 4.69) is 4.72 Å². The van der Waals surface area contributed by atoms with Crippen LogP contribution in [0.3, 0.4) is 0 Å². The molecule has 0 radical (unpaired) electrons. The molecule has 1 fully saturated rings. The first kappa shape index (κ1) is 11.2. The Morgan fingerprint density at radius 3 is 2.85 bits per heavy atom. The van der Waals surface area contributed by atoms with Crippen LogP contribution in [-0.2, 0) is 10.0 Å². The Balaban J connectivity index is 2.29. The Hall–Kier alpha value is 0.160. The monoisotopic (exact) mass is 226 g/mol. The Bertz CT molecular complexity index is 255. The highest BCUT2D eigenvalue weighted by Crippen LogP contribution is 2.16. The number of hydrogen-bond donors (Lipinski definition) is 1. The highest BCUT2D eigenvalue weighted by atomic mass is 35.5. The summed E-state index contributed by atoms with van der Waals surface area (Å²) in [6, 6.07) is 0. The van der Waals surface area contributed by atoms with Gasteiger partial charge in [0.15, 0.2) is 0 Å². The minimum Gasteiger partial charge on any atom is -0.220 e. The molecular formula is C7H15ClN2O2S. The van der Waals surface area contributed by atoms with E-state index in [9.17, 15) is 8.42 Å². The van der Waals surface area contributed by atoms with Crippen LogP contribution in [0.25, 0.3) is 0 Å². The van der Waals surface area contributed by atoms with Gasteiger partial charge in [-0.15, -0.1) is 0 Å². The molecule has 0 amide bonds. The maximum atomic E-state index is 10.8. The summed E-state index contributed by atoms with van der Waals surface area (Å²) in [6.45, 7) is 2.17. The number of piperidine rings is 1. The van der Waals surface area contributed by atoms with Crippen molar-refractivity contribution in [2.75, 3.05) is 25.9 Å². The molecule has 0 aliphatic carbocycles. The van der Waals surface area contributed by atoms with E-state index in [4.69, 9.17) is 11.8 Å². The first-order valence-corrected chi connectivity index (χ1v) is 6.55. The van der Waals surface area contributed by atoms with E-state index in [1.54, 1.807) is 4.42 Å². The second kappa shape index (κ2) is 4.59. The molecule has 0 saturated carbocycles. The average molecular weight is 227 g/mol. The van der Waals surface area contributed by atoms with Crippen LogP contribution in [0, 0.1) is 5.92 Å². The molecule has 0 aromatic rings. The van der Waals surface area contributed by atoms with E-state index in [-0.39, 0.29) is 0 Å². The fourth-order valence-corrected chi connectivity index (χ4v) is 2.30. The SMILES string of the molecule is CS(=O)(=O)NCC1CCCN(Cl)C1. The molecule has 78 valence electrons. The molecule has 1 heterocycles. The van der Waals surface area contributed by atoms with Crippen molar-refractivity contribution in [3.05, 3.63) is 0 Å². The third-order valence-electron chi connectivity index (χ3n) is 2.10. The summed E-state index contributed by atoms with van der Waals surface area (Å²) in [5, 5.41) is 0. The van der Waals surface area contributed by atoms with Crippen LogP contribution in [0.5, 0.6) is 0 Å². The highest BCUT2D eigenvalue weighted by Gasteiger charge is 2.19. The first-order chi connectivity index (χ1) is 5.97. The molecule has 13 heavy (non-hydrogen) atoms. The number of nitrogens with zero attached hydrogens (tertiary/aromatic N) is 1. The summed E-state index contributed by atoms with van der Waals surface area (Å²) >= 11 is 5.82. The third-order valence-corrected chi connectivity index (χ3v) is 3.10. The molecule has 0 aromatic heterocycles. The number of rotatable bonds is 3. The lowest BCUT2D eigenvalue weighted by atomic mass is 10.0. The van der Waals surface area contributed by atoms with E-state index in [0.29, 0.717) is 12.5 Å². The van der Waals surface area contributed by atoms with Gasteiger partial charge in [0, 0.05) is 19.6 Å². The molecule has 0 aromatic carbocycles. The van der Waals surface area contributed by atoms with Gasteiger partial charge in [0.1, 0.15) is 0 Å². The number of sulfonamides is 1. The van der Waals surface area contributed by atoms with Crippen molar-refractivity contribution >= 4 is 21.8 Å². The molecule has 1 rings (SSSR count). The molecule has 1 saturated heterocycles. The lowest BCUT2D eigenvalue weighted by molar-refractivity contribution is 0.277. The standard InChI is InChI=1S/C7H15ClN2O2S/c1-13(11,12)9-5-7-3-2-4-10(8)6-7/h7,9H,2-6H2,1H3. The minimum absolute atomic E-state index is 0.348. The predicted octanol–water partition coefficient (Wildman–Crippen LogP) is 0.401. The Labute approximate surface area is 84.4 Å². The Kier molecular flexibility index (Phi) is 3.97. The summed E-state index contributed by atoms with van der Waals surface area (Å²) in [5.41, 5.74) is 0. The van der Waals surface area contributed by atoms with E-state index in [0.717, 1.165) is 25.9 Å². The zero-order valence-electron chi connectivity index (χ0n) is 7.66. The van der Waals surface area contributed by atoms with Gasteiger partial charge in [-0.25, -0.2) is 17.6 Å². The van der Waals surface area contributed by atoms with Crippen molar-refractivity contribution in [2.24, 2.45) is 5.92 Å². The lowest BCUT2D eigenvalue weighted by Gasteiger charge is -2.27. The molecule has 1 unspecified atom stereocenters. The molecule has 1 aliphatic rings. The first-order valence-electron chi connectivity index (χ1n) is 4.33. The minimum atomic E-state index is -3.05. The van der Waals surface area contributed by atoms with Crippen molar-refractivity contribution in [2.45, 2.75) is 12.8 Å². The van der Waals surface area contributed by atoms with E-state index in [1.165, 1.54) is 6.26 Å². The van der Waals surface area contributed by atoms with Crippen LogP contribution in [0.2, 0.25) is 0 Å². The van der Waals surface area contributed by atoms with Crippen LogP contribution in [0.15, 0.2) is 0 Å². The van der Waals surface area contributed by atoms with Gasteiger partial charge >= 0.3 is 0 Å². The molecule has 6 heteroatoms. The lowest BCUT2D eigenvalue weighted by Crippen LogP contribution is -2.36. The molecule has 1 atom stereocenters. The zero-order chi connectivity index (χ0) is 9.90. The molecule has 4 nitrogen and oxygen atoms in total. The van der Waals surface area contributed by atoms with Crippen molar-refractivity contribution in [3.63, 3.8) is 0 Å². The number of hydrogen-bond acceptors (Lipinski definition) is 3. The molecular weight excluding hydrogens is 212 g/mol. The van der Waals surface area contributed by atoms with Crippen molar-refractivity contribution in [3.8, 4) is 0 Å². The second-order valence-electron chi connectivity index (χ2n) is 3.50. The summed E-state index contributed by atoms with van der Waals surface area (Å²) in [5.74, 6) is 0.348. The van der Waals surface area contributed by atoms with Crippen LogP contribution in [-0.4, -0.2) is 38.7 Å². The fraction of sp³-hybridized carbons (Fsp3) is 1.00. The van der Waals surface area contributed by atoms with Crippen LogP contribution in [0.1, 0.15) is 12.8 Å². The van der Waals surface area contributed by atoms with Gasteiger partial charge in [0.05, 0.1) is 6.26 Å². The third kappa shape index (κ3) is 4.81. The van der Waals surface area contributed by atoms with Gasteiger partial charge in [-0.2, -0.15) is 0 Å². The maximum Gasteiger partial charge on any atom is 0.208 e. The van der Waals surface area contributed by atoms with Crippen LogP contribution < -0.4 is 4.72 Å². The largest absolute Gasteiger partial charge is 0.220 e. The molecule has 1 aliphatic heterocycles. The summed E-state index contributed by atoms with van der Waals surface area (Å²) in [6.07, 6.45) is 3.26. The quantitative estimate of drug-likeness (QED) is 0.709. The van der Waals surface area contributed by atoms with E-state index in [1.807, 2.05) is 0 Å². The Morgan fingerprint density at radius 2 is 2.31 bits per heavy atom. The summed E-state index contributed by atoms with van der Waals surface area (Å²) in [7, 11) is -3.05. The fourth-order valence-electron chi connectivity index (χ4n) is 1.45. The Morgan fingerprint density at radius 1 is 1.62 bits per heavy atom. The average Bonchev–Trinajstić information content (AvgIpc) is 2.00. The molecule has 1 N–H and O–H groups in total. The molecule has 0 spiro atoms. The molecule has 0 bridgehead atoms. The number of nitrogens with one attached hydrogen (secondary N) is 1.